The van der Waals surface area contributed by atoms with Gasteiger partial charge in [0.05, 0.1) is 0 Å². The zero-order valence-corrected chi connectivity index (χ0v) is 7.18. The standard InChI is InChI=1S/C6H8ClNOS/c1-2-3-4-5(7)10-8-6(4)9/h2-3H2,1H3,(H,8,9). The zero-order chi connectivity index (χ0) is 7.56. The average molecular weight is 178 g/mol. The van der Waals surface area contributed by atoms with E-state index in [9.17, 15) is 4.79 Å². The molecule has 2 nitrogen and oxygen atoms in total. The lowest BCUT2D eigenvalue weighted by Crippen LogP contribution is -2.04. The summed E-state index contributed by atoms with van der Waals surface area (Å²) in [7, 11) is 0. The monoisotopic (exact) mass is 177 g/mol. The van der Waals surface area contributed by atoms with Crippen LogP contribution in [0.1, 0.15) is 18.9 Å². The van der Waals surface area contributed by atoms with Gasteiger partial charge in [-0.3, -0.25) is 9.17 Å². The molecule has 1 heterocycles. The molecule has 0 aliphatic rings. The topological polar surface area (TPSA) is 32.9 Å². The number of H-pyrrole nitrogens is 1. The number of halogens is 1. The third-order valence-corrected chi connectivity index (χ3v) is 2.42. The highest BCUT2D eigenvalue weighted by Gasteiger charge is 2.05. The van der Waals surface area contributed by atoms with Crippen molar-refractivity contribution in [2.45, 2.75) is 19.8 Å². The van der Waals surface area contributed by atoms with Gasteiger partial charge in [0.2, 0.25) is 0 Å². The van der Waals surface area contributed by atoms with Crippen molar-refractivity contribution in [3.8, 4) is 0 Å². The molecule has 1 aromatic rings. The SMILES string of the molecule is CCCc1c(Cl)s[nH]c1=O. The lowest BCUT2D eigenvalue weighted by molar-refractivity contribution is 0.914. The van der Waals surface area contributed by atoms with Gasteiger partial charge < -0.3 is 0 Å². The van der Waals surface area contributed by atoms with Crippen LogP contribution in [-0.4, -0.2) is 4.37 Å². The van der Waals surface area contributed by atoms with Gasteiger partial charge in [-0.1, -0.05) is 24.9 Å². The molecular formula is C6H8ClNOS. The maximum atomic E-state index is 10.9. The Morgan fingerprint density at radius 2 is 2.40 bits per heavy atom. The van der Waals surface area contributed by atoms with E-state index in [0.29, 0.717) is 4.34 Å². The molecule has 0 unspecified atom stereocenters. The van der Waals surface area contributed by atoms with E-state index in [-0.39, 0.29) is 5.56 Å². The predicted octanol–water partition coefficient (Wildman–Crippen LogP) is 2.04. The van der Waals surface area contributed by atoms with Crippen LogP contribution in [0.5, 0.6) is 0 Å². The third kappa shape index (κ3) is 1.41. The fraction of sp³-hybridized carbons (Fsp3) is 0.500. The first-order valence-corrected chi connectivity index (χ1v) is 4.31. The number of nitrogens with one attached hydrogen (secondary N) is 1. The number of aromatic nitrogens is 1. The molecule has 0 aromatic carbocycles. The van der Waals surface area contributed by atoms with Crippen LogP contribution in [0, 0.1) is 0 Å². The second-order valence-corrected chi connectivity index (χ2v) is 3.45. The smallest absolute Gasteiger partial charge is 0.262 e. The van der Waals surface area contributed by atoms with Crippen LogP contribution < -0.4 is 5.56 Å². The van der Waals surface area contributed by atoms with Crippen LogP contribution in [-0.2, 0) is 6.42 Å². The van der Waals surface area contributed by atoms with Crippen LogP contribution in [0.15, 0.2) is 4.79 Å². The highest BCUT2D eigenvalue weighted by molar-refractivity contribution is 7.10. The van der Waals surface area contributed by atoms with Crippen LogP contribution in [0.25, 0.3) is 0 Å². The van der Waals surface area contributed by atoms with E-state index in [1.807, 2.05) is 6.92 Å². The lowest BCUT2D eigenvalue weighted by Gasteiger charge is -1.88. The van der Waals surface area contributed by atoms with E-state index >= 15 is 0 Å². The molecule has 0 fully saturated rings. The summed E-state index contributed by atoms with van der Waals surface area (Å²) < 4.78 is 3.18. The molecule has 0 bridgehead atoms. The van der Waals surface area contributed by atoms with Crippen LogP contribution in [0.4, 0.5) is 0 Å². The maximum Gasteiger partial charge on any atom is 0.262 e. The molecule has 4 heteroatoms. The molecule has 10 heavy (non-hydrogen) atoms. The minimum Gasteiger partial charge on any atom is -0.276 e. The Balaban J connectivity index is 2.99. The van der Waals surface area contributed by atoms with Crippen LogP contribution >= 0.6 is 23.1 Å². The molecule has 0 spiro atoms. The summed E-state index contributed by atoms with van der Waals surface area (Å²) in [5, 5.41) is 0. The minimum absolute atomic E-state index is 0.0307. The molecule has 0 aliphatic heterocycles. The van der Waals surface area contributed by atoms with Crippen molar-refractivity contribution < 1.29 is 0 Å². The molecule has 56 valence electrons. The summed E-state index contributed by atoms with van der Waals surface area (Å²) in [6.45, 7) is 2.02. The highest BCUT2D eigenvalue weighted by Crippen LogP contribution is 2.16. The van der Waals surface area contributed by atoms with Crippen molar-refractivity contribution in [1.29, 1.82) is 0 Å². The quantitative estimate of drug-likeness (QED) is 0.737. The number of aromatic amines is 1. The molecule has 0 aliphatic carbocycles. The molecule has 0 amide bonds. The van der Waals surface area contributed by atoms with Gasteiger partial charge in [0.15, 0.2) is 0 Å². The zero-order valence-electron chi connectivity index (χ0n) is 5.61. The van der Waals surface area contributed by atoms with Gasteiger partial charge >= 0.3 is 0 Å². The second kappa shape index (κ2) is 3.21. The highest BCUT2D eigenvalue weighted by atomic mass is 35.5. The van der Waals surface area contributed by atoms with Gasteiger partial charge in [-0.2, -0.15) is 0 Å². The average Bonchev–Trinajstić information content (AvgIpc) is 2.20. The molecule has 1 rings (SSSR count). The number of hydrogen-bond donors (Lipinski definition) is 1. The van der Waals surface area contributed by atoms with E-state index in [1.54, 1.807) is 0 Å². The molecule has 0 radical (unpaired) electrons. The van der Waals surface area contributed by atoms with Gasteiger partial charge in [-0.05, 0) is 18.0 Å². The Hall–Kier alpha value is -0.280. The van der Waals surface area contributed by atoms with Crippen LogP contribution in [0.3, 0.4) is 0 Å². The number of hydrogen-bond acceptors (Lipinski definition) is 2. The first-order valence-electron chi connectivity index (χ1n) is 3.11. The van der Waals surface area contributed by atoms with Crippen molar-refractivity contribution in [1.82, 2.24) is 4.37 Å². The van der Waals surface area contributed by atoms with E-state index in [4.69, 9.17) is 11.6 Å². The Morgan fingerprint density at radius 3 is 2.80 bits per heavy atom. The van der Waals surface area contributed by atoms with E-state index < -0.39 is 0 Å². The maximum absolute atomic E-state index is 10.9. The summed E-state index contributed by atoms with van der Waals surface area (Å²) in [5.74, 6) is 0. The molecular weight excluding hydrogens is 170 g/mol. The summed E-state index contributed by atoms with van der Waals surface area (Å²) in [5.41, 5.74) is 0.700. The summed E-state index contributed by atoms with van der Waals surface area (Å²) in [6.07, 6.45) is 1.73. The van der Waals surface area contributed by atoms with Crippen molar-refractivity contribution in [3.63, 3.8) is 0 Å². The normalized spacial score (nSPS) is 10.2. The predicted molar refractivity (Wildman–Crippen MR) is 43.9 cm³/mol. The first kappa shape index (κ1) is 7.82. The molecule has 0 saturated heterocycles. The van der Waals surface area contributed by atoms with Gasteiger partial charge in [0, 0.05) is 5.56 Å². The van der Waals surface area contributed by atoms with E-state index in [1.165, 1.54) is 11.5 Å². The molecule has 1 N–H and O–H groups in total. The second-order valence-electron chi connectivity index (χ2n) is 2.04. The lowest BCUT2D eigenvalue weighted by atomic mass is 10.2. The van der Waals surface area contributed by atoms with Gasteiger partial charge in [0.1, 0.15) is 4.34 Å². The van der Waals surface area contributed by atoms with Crippen molar-refractivity contribution in [2.24, 2.45) is 0 Å². The largest absolute Gasteiger partial charge is 0.276 e. The minimum atomic E-state index is -0.0307. The van der Waals surface area contributed by atoms with Crippen LogP contribution in [0.2, 0.25) is 4.34 Å². The Bertz CT molecular complexity index is 265. The Morgan fingerprint density at radius 1 is 1.70 bits per heavy atom. The summed E-state index contributed by atoms with van der Waals surface area (Å²) >= 11 is 6.91. The summed E-state index contributed by atoms with van der Waals surface area (Å²) in [4.78, 5) is 10.9. The molecule has 0 saturated carbocycles. The van der Waals surface area contributed by atoms with Gasteiger partial charge in [0.25, 0.3) is 5.56 Å². The van der Waals surface area contributed by atoms with Gasteiger partial charge in [-0.15, -0.1) is 0 Å². The van der Waals surface area contributed by atoms with Gasteiger partial charge in [-0.25, -0.2) is 0 Å². The fourth-order valence-corrected chi connectivity index (χ4v) is 1.68. The third-order valence-electron chi connectivity index (χ3n) is 1.24. The summed E-state index contributed by atoms with van der Waals surface area (Å²) in [6, 6.07) is 0. The van der Waals surface area contributed by atoms with Crippen molar-refractivity contribution >= 4 is 23.1 Å². The Labute approximate surface area is 68.0 Å². The number of rotatable bonds is 2. The first-order chi connectivity index (χ1) is 4.75. The molecule has 1 aromatic heterocycles. The van der Waals surface area contributed by atoms with Crippen molar-refractivity contribution in [3.05, 3.63) is 20.3 Å². The fourth-order valence-electron chi connectivity index (χ4n) is 0.765. The molecule has 0 atom stereocenters. The Kier molecular flexibility index (Phi) is 2.51. The van der Waals surface area contributed by atoms with E-state index in [2.05, 4.69) is 4.37 Å². The van der Waals surface area contributed by atoms with Crippen molar-refractivity contribution in [2.75, 3.05) is 0 Å². The van der Waals surface area contributed by atoms with E-state index in [0.717, 1.165) is 18.4 Å².